The summed E-state index contributed by atoms with van der Waals surface area (Å²) >= 11 is 0. The molecule has 3 amide bonds. The van der Waals surface area contributed by atoms with Gasteiger partial charge in [0.05, 0.1) is 0 Å². The highest BCUT2D eigenvalue weighted by Gasteiger charge is 2.25. The lowest BCUT2D eigenvalue weighted by Crippen LogP contribution is -2.52. The van der Waals surface area contributed by atoms with Crippen molar-refractivity contribution in [2.24, 2.45) is 5.73 Å². The van der Waals surface area contributed by atoms with Gasteiger partial charge in [-0.2, -0.15) is 0 Å². The van der Waals surface area contributed by atoms with Gasteiger partial charge in [-0.3, -0.25) is 4.79 Å². The molecule has 0 aliphatic carbocycles. The number of ether oxygens (including phenoxy) is 1. The molecule has 0 radical (unpaired) electrons. The van der Waals surface area contributed by atoms with Crippen LogP contribution in [0, 0.1) is 0 Å². The third kappa shape index (κ3) is 5.71. The van der Waals surface area contributed by atoms with Gasteiger partial charge in [-0.15, -0.1) is 0 Å². The van der Waals surface area contributed by atoms with Gasteiger partial charge in [-0.1, -0.05) is 30.3 Å². The predicted molar refractivity (Wildman–Crippen MR) is 110 cm³/mol. The number of aliphatic carboxylic acids is 1. The molecule has 1 aliphatic rings. The summed E-state index contributed by atoms with van der Waals surface area (Å²) in [6.45, 7) is 1.54. The van der Waals surface area contributed by atoms with Crippen LogP contribution in [0.15, 0.2) is 54.6 Å². The molecular formula is C21H24N4O5. The van der Waals surface area contributed by atoms with Crippen LogP contribution in [0.1, 0.15) is 5.56 Å². The molecule has 2 aromatic carbocycles. The Balaban J connectivity index is 1.46. The van der Waals surface area contributed by atoms with Gasteiger partial charge >= 0.3 is 18.1 Å². The van der Waals surface area contributed by atoms with Gasteiger partial charge in [-0.05, 0) is 36.2 Å². The monoisotopic (exact) mass is 412 g/mol. The van der Waals surface area contributed by atoms with E-state index in [4.69, 9.17) is 15.6 Å². The number of benzene rings is 2. The van der Waals surface area contributed by atoms with Crippen molar-refractivity contribution < 1.29 is 24.2 Å². The molecule has 1 saturated heterocycles. The maximum absolute atomic E-state index is 12.4. The topological polar surface area (TPSA) is 125 Å². The molecule has 1 atom stereocenters. The SMILES string of the molecule is N[C@@H](Cc1ccc(OC(=O)N2CCN(C(=O)Nc3ccccc3)CC2)cc1)C(=O)O. The number of nitrogens with two attached hydrogens (primary N) is 1. The molecule has 9 nitrogen and oxygen atoms in total. The molecule has 1 aliphatic heterocycles. The largest absolute Gasteiger partial charge is 0.480 e. The summed E-state index contributed by atoms with van der Waals surface area (Å²) in [7, 11) is 0. The Morgan fingerprint density at radius 1 is 0.967 bits per heavy atom. The van der Waals surface area contributed by atoms with E-state index in [1.54, 1.807) is 34.1 Å². The number of nitrogens with zero attached hydrogens (tertiary/aromatic N) is 2. The third-order valence-corrected chi connectivity index (χ3v) is 4.75. The van der Waals surface area contributed by atoms with E-state index in [9.17, 15) is 14.4 Å². The molecular weight excluding hydrogens is 388 g/mol. The highest BCUT2D eigenvalue weighted by atomic mass is 16.6. The number of carbonyl (C=O) groups is 3. The molecule has 3 rings (SSSR count). The lowest BCUT2D eigenvalue weighted by atomic mass is 10.1. The van der Waals surface area contributed by atoms with Crippen LogP contribution in [0.2, 0.25) is 0 Å². The second-order valence-corrected chi connectivity index (χ2v) is 6.93. The maximum Gasteiger partial charge on any atom is 0.415 e. The van der Waals surface area contributed by atoms with Gasteiger partial charge in [0.1, 0.15) is 11.8 Å². The van der Waals surface area contributed by atoms with Crippen molar-refractivity contribution >= 4 is 23.8 Å². The van der Waals surface area contributed by atoms with Gasteiger partial charge in [0.2, 0.25) is 0 Å². The summed E-state index contributed by atoms with van der Waals surface area (Å²) in [5.74, 6) is -0.709. The number of carboxylic acid groups (broad SMARTS) is 1. The molecule has 158 valence electrons. The first-order chi connectivity index (χ1) is 14.4. The van der Waals surface area contributed by atoms with Crippen molar-refractivity contribution in [3.63, 3.8) is 0 Å². The number of anilines is 1. The molecule has 0 unspecified atom stereocenters. The van der Waals surface area contributed by atoms with E-state index in [1.165, 1.54) is 0 Å². The molecule has 0 saturated carbocycles. The Labute approximate surface area is 174 Å². The van der Waals surface area contributed by atoms with Gasteiger partial charge in [0.15, 0.2) is 0 Å². The fourth-order valence-electron chi connectivity index (χ4n) is 3.02. The van der Waals surface area contributed by atoms with E-state index in [1.807, 2.05) is 30.3 Å². The van der Waals surface area contributed by atoms with E-state index in [-0.39, 0.29) is 12.5 Å². The van der Waals surface area contributed by atoms with Crippen LogP contribution >= 0.6 is 0 Å². The van der Waals surface area contributed by atoms with Crippen molar-refractivity contribution in [3.8, 4) is 5.75 Å². The summed E-state index contributed by atoms with van der Waals surface area (Å²) in [5.41, 5.74) is 6.97. The molecule has 9 heteroatoms. The number of carbonyl (C=O) groups excluding carboxylic acids is 2. The number of carboxylic acids is 1. The Morgan fingerprint density at radius 3 is 2.17 bits per heavy atom. The number of amides is 3. The molecule has 0 bridgehead atoms. The van der Waals surface area contributed by atoms with Gasteiger partial charge in [0.25, 0.3) is 0 Å². The third-order valence-electron chi connectivity index (χ3n) is 4.75. The molecule has 1 heterocycles. The number of urea groups is 1. The number of para-hydroxylation sites is 1. The fraction of sp³-hybridized carbons (Fsp3) is 0.286. The average Bonchev–Trinajstić information content (AvgIpc) is 2.75. The minimum atomic E-state index is -1.07. The molecule has 30 heavy (non-hydrogen) atoms. The van der Waals surface area contributed by atoms with Gasteiger partial charge < -0.3 is 30.7 Å². The quantitative estimate of drug-likeness (QED) is 0.690. The average molecular weight is 412 g/mol. The van der Waals surface area contributed by atoms with Crippen LogP contribution in [0.25, 0.3) is 0 Å². The smallest absolute Gasteiger partial charge is 0.415 e. The highest BCUT2D eigenvalue weighted by Crippen LogP contribution is 2.16. The number of hydrogen-bond acceptors (Lipinski definition) is 5. The lowest BCUT2D eigenvalue weighted by molar-refractivity contribution is -0.138. The second kappa shape index (κ2) is 9.75. The van der Waals surface area contributed by atoms with Crippen molar-refractivity contribution in [1.29, 1.82) is 0 Å². The number of hydrogen-bond donors (Lipinski definition) is 3. The number of nitrogens with one attached hydrogen (secondary N) is 1. The number of piperazine rings is 1. The van der Waals surface area contributed by atoms with E-state index >= 15 is 0 Å². The summed E-state index contributed by atoms with van der Waals surface area (Å²) in [6.07, 6.45) is -0.301. The van der Waals surface area contributed by atoms with E-state index in [2.05, 4.69) is 5.32 Å². The van der Waals surface area contributed by atoms with Crippen LogP contribution in [0.5, 0.6) is 5.75 Å². The number of rotatable bonds is 5. The van der Waals surface area contributed by atoms with Crippen LogP contribution in [-0.4, -0.2) is 65.2 Å². The first kappa shape index (κ1) is 21.1. The summed E-state index contributed by atoms with van der Waals surface area (Å²) in [5, 5.41) is 11.7. The lowest BCUT2D eigenvalue weighted by Gasteiger charge is -2.34. The zero-order valence-corrected chi connectivity index (χ0v) is 16.4. The summed E-state index contributed by atoms with van der Waals surface area (Å²) < 4.78 is 5.37. The van der Waals surface area contributed by atoms with Crippen molar-refractivity contribution in [3.05, 3.63) is 60.2 Å². The molecule has 4 N–H and O–H groups in total. The van der Waals surface area contributed by atoms with E-state index in [0.717, 1.165) is 11.3 Å². The minimum Gasteiger partial charge on any atom is -0.480 e. The zero-order valence-electron chi connectivity index (χ0n) is 16.4. The Kier molecular flexibility index (Phi) is 6.87. The van der Waals surface area contributed by atoms with Crippen LogP contribution < -0.4 is 15.8 Å². The van der Waals surface area contributed by atoms with Crippen LogP contribution in [-0.2, 0) is 11.2 Å². The molecule has 1 fully saturated rings. The van der Waals surface area contributed by atoms with Crippen molar-refractivity contribution in [1.82, 2.24) is 9.80 Å². The standard InChI is InChI=1S/C21H24N4O5/c22-18(19(26)27)14-15-6-8-17(9-7-15)30-21(29)25-12-10-24(11-13-25)20(28)23-16-4-2-1-3-5-16/h1-9,18H,10-14,22H2,(H,23,28)(H,26,27)/t18-/m0/s1. The van der Waals surface area contributed by atoms with Gasteiger partial charge in [-0.25, -0.2) is 9.59 Å². The zero-order chi connectivity index (χ0) is 21.5. The Bertz CT molecular complexity index is 880. The molecule has 2 aromatic rings. The van der Waals surface area contributed by atoms with Crippen LogP contribution in [0.3, 0.4) is 0 Å². The first-order valence-corrected chi connectivity index (χ1v) is 9.57. The maximum atomic E-state index is 12.4. The van der Waals surface area contributed by atoms with Crippen molar-refractivity contribution in [2.45, 2.75) is 12.5 Å². The Hall–Kier alpha value is -3.59. The normalized spacial score (nSPS) is 14.7. The predicted octanol–water partition coefficient (Wildman–Crippen LogP) is 1.99. The summed E-state index contributed by atoms with van der Waals surface area (Å²) in [4.78, 5) is 38.7. The van der Waals surface area contributed by atoms with Crippen molar-refractivity contribution in [2.75, 3.05) is 31.5 Å². The summed E-state index contributed by atoms with van der Waals surface area (Å²) in [6, 6.07) is 14.6. The molecule has 0 aromatic heterocycles. The van der Waals surface area contributed by atoms with Crippen LogP contribution in [0.4, 0.5) is 15.3 Å². The Morgan fingerprint density at radius 2 is 1.57 bits per heavy atom. The van der Waals surface area contributed by atoms with E-state index < -0.39 is 18.1 Å². The van der Waals surface area contributed by atoms with Gasteiger partial charge in [0, 0.05) is 31.9 Å². The highest BCUT2D eigenvalue weighted by molar-refractivity contribution is 5.89. The molecule has 0 spiro atoms. The van der Waals surface area contributed by atoms with E-state index in [0.29, 0.717) is 31.9 Å². The second-order valence-electron chi connectivity index (χ2n) is 6.93. The minimum absolute atomic E-state index is 0.191. The first-order valence-electron chi connectivity index (χ1n) is 9.57. The fourth-order valence-corrected chi connectivity index (χ4v) is 3.02.